The highest BCUT2D eigenvalue weighted by molar-refractivity contribution is 5.69. The van der Waals surface area contributed by atoms with Crippen molar-refractivity contribution in [3.8, 4) is 0 Å². The van der Waals surface area contributed by atoms with Gasteiger partial charge in [0.15, 0.2) is 0 Å². The van der Waals surface area contributed by atoms with Crippen LogP contribution in [0.15, 0.2) is 0 Å². The first-order valence-corrected chi connectivity index (χ1v) is 18.4. The summed E-state index contributed by atoms with van der Waals surface area (Å²) in [4.78, 5) is 31.5. The van der Waals surface area contributed by atoms with Gasteiger partial charge in [-0.05, 0) is 159 Å². The molecule has 0 bridgehead atoms. The van der Waals surface area contributed by atoms with E-state index in [9.17, 15) is 9.59 Å². The molecule has 47 heavy (non-hydrogen) atoms. The predicted octanol–water partition coefficient (Wildman–Crippen LogP) is 8.12. The van der Waals surface area contributed by atoms with E-state index in [1.54, 1.807) is 4.90 Å². The van der Waals surface area contributed by atoms with E-state index in [0.717, 1.165) is 56.9 Å². The average Bonchev–Trinajstić information content (AvgIpc) is 3.76. The minimum absolute atomic E-state index is 0. The number of carbonyl (C=O) groups excluding carboxylic acids is 2. The lowest BCUT2D eigenvalue weighted by Gasteiger charge is -2.26. The summed E-state index contributed by atoms with van der Waals surface area (Å²) < 4.78 is 10.5. The molecule has 1 N–H and O–H groups in total. The normalized spacial score (nSPS) is 27.6. The molecule has 280 valence electrons. The Morgan fingerprint density at radius 3 is 1.45 bits per heavy atom. The first kappa shape index (κ1) is 45.4. The second-order valence-corrected chi connectivity index (χ2v) is 16.6. The molecule has 5 atom stereocenters. The van der Waals surface area contributed by atoms with Crippen LogP contribution in [0.25, 0.3) is 0 Å². The Bertz CT molecular complexity index is 836. The molecule has 5 aliphatic heterocycles. The lowest BCUT2D eigenvalue weighted by atomic mass is 10.2. The molecule has 5 heterocycles. The Labute approximate surface area is 291 Å². The number of likely N-dealkylation sites (tertiary alicyclic amines) is 4. The summed E-state index contributed by atoms with van der Waals surface area (Å²) in [5.74, 6) is 1.57. The topological polar surface area (TPSA) is 77.6 Å². The average molecular weight is 670 g/mol. The summed E-state index contributed by atoms with van der Waals surface area (Å²) in [5.41, 5.74) is -0.748. The van der Waals surface area contributed by atoms with Gasteiger partial charge in [-0.3, -0.25) is 0 Å². The summed E-state index contributed by atoms with van der Waals surface area (Å²) >= 11 is 0. The van der Waals surface area contributed by atoms with E-state index < -0.39 is 0 Å². The third kappa shape index (κ3) is 21.2. The molecule has 5 rings (SSSR count). The van der Waals surface area contributed by atoms with Crippen molar-refractivity contribution < 1.29 is 19.1 Å². The van der Waals surface area contributed by atoms with Gasteiger partial charge in [-0.15, -0.1) is 0 Å². The van der Waals surface area contributed by atoms with Crippen LogP contribution in [-0.4, -0.2) is 121 Å². The van der Waals surface area contributed by atoms with Crippen LogP contribution < -0.4 is 5.32 Å². The fourth-order valence-corrected chi connectivity index (χ4v) is 6.04. The minimum Gasteiger partial charge on any atom is -0.444 e. The van der Waals surface area contributed by atoms with Crippen LogP contribution in [0.4, 0.5) is 9.59 Å². The van der Waals surface area contributed by atoms with Gasteiger partial charge >= 0.3 is 12.2 Å². The Kier molecular flexibility index (Phi) is 21.5. The first-order chi connectivity index (χ1) is 21.3. The number of carbonyl (C=O) groups is 2. The molecule has 5 saturated heterocycles. The number of nitrogens with one attached hydrogen (secondary N) is 1. The fourth-order valence-electron chi connectivity index (χ4n) is 6.04. The number of ether oxygens (including phenoxy) is 2. The zero-order valence-corrected chi connectivity index (χ0v) is 32.4. The van der Waals surface area contributed by atoms with Crippen molar-refractivity contribution in [1.29, 1.82) is 0 Å². The van der Waals surface area contributed by atoms with Gasteiger partial charge in [0, 0.05) is 44.3 Å². The van der Waals surface area contributed by atoms with Crippen LogP contribution >= 0.6 is 0 Å². The van der Waals surface area contributed by atoms with Crippen molar-refractivity contribution in [2.45, 2.75) is 164 Å². The zero-order chi connectivity index (χ0) is 35.1. The fraction of sp³-hybridized carbons (Fsp3) is 0.947. The van der Waals surface area contributed by atoms with Crippen molar-refractivity contribution in [3.63, 3.8) is 0 Å². The summed E-state index contributed by atoms with van der Waals surface area (Å²) in [7, 11) is 4.38. The molecular weight excluding hydrogens is 590 g/mol. The maximum Gasteiger partial charge on any atom is 0.410 e. The van der Waals surface area contributed by atoms with Gasteiger partial charge in [0.05, 0.1) is 0 Å². The van der Waals surface area contributed by atoms with Crippen LogP contribution in [0.2, 0.25) is 0 Å². The number of hydrogen-bond acceptors (Lipinski definition) is 7. The molecule has 0 spiro atoms. The van der Waals surface area contributed by atoms with Crippen molar-refractivity contribution in [2.75, 3.05) is 59.9 Å². The molecule has 5 fully saturated rings. The highest BCUT2D eigenvalue weighted by Crippen LogP contribution is 2.20. The first-order valence-electron chi connectivity index (χ1n) is 18.4. The second-order valence-electron chi connectivity index (χ2n) is 16.6. The van der Waals surface area contributed by atoms with Crippen molar-refractivity contribution in [2.24, 2.45) is 11.8 Å². The molecule has 0 radical (unpaired) electrons. The van der Waals surface area contributed by atoms with E-state index in [2.05, 4.69) is 63.8 Å². The predicted molar refractivity (Wildman–Crippen MR) is 199 cm³/mol. The third-order valence-corrected chi connectivity index (χ3v) is 9.08. The maximum absolute atomic E-state index is 11.6. The van der Waals surface area contributed by atoms with Crippen molar-refractivity contribution >= 4 is 12.2 Å². The minimum atomic E-state index is -0.376. The van der Waals surface area contributed by atoms with Crippen LogP contribution in [-0.2, 0) is 9.47 Å². The Morgan fingerprint density at radius 1 is 0.638 bits per heavy atom. The van der Waals surface area contributed by atoms with Gasteiger partial charge in [-0.25, -0.2) is 9.59 Å². The van der Waals surface area contributed by atoms with Crippen LogP contribution in [0.3, 0.4) is 0 Å². The molecule has 0 saturated carbocycles. The second kappa shape index (κ2) is 22.2. The van der Waals surface area contributed by atoms with Gasteiger partial charge in [0.25, 0.3) is 0 Å². The van der Waals surface area contributed by atoms with Crippen LogP contribution in [0.5, 0.6) is 0 Å². The maximum atomic E-state index is 11.6. The molecule has 0 aromatic rings. The summed E-state index contributed by atoms with van der Waals surface area (Å²) in [6, 6.07) is 1.99. The summed E-state index contributed by atoms with van der Waals surface area (Å²) in [5, 5.41) is 3.32. The SMILES string of the molecule is C.CC1CCCN1.CC1CCCN1C.CC1CCCN1C(=O)OC(C)(C)C.CC1CCN(C(=O)OC(C)(C)C)C1.CC1CCN(C)C1. The number of rotatable bonds is 0. The highest BCUT2D eigenvalue weighted by atomic mass is 16.6. The smallest absolute Gasteiger partial charge is 0.410 e. The van der Waals surface area contributed by atoms with Gasteiger partial charge in [0.1, 0.15) is 11.2 Å². The molecule has 5 aliphatic rings. The van der Waals surface area contributed by atoms with E-state index in [0.29, 0.717) is 12.0 Å². The molecular formula is C38H79N5O4. The Balaban J connectivity index is 0.000000580. The van der Waals surface area contributed by atoms with Gasteiger partial charge in [-0.2, -0.15) is 0 Å². The largest absolute Gasteiger partial charge is 0.444 e. The number of nitrogens with zero attached hydrogens (tertiary/aromatic N) is 4. The Hall–Kier alpha value is -1.58. The lowest BCUT2D eigenvalue weighted by Crippen LogP contribution is -2.38. The van der Waals surface area contributed by atoms with E-state index in [4.69, 9.17) is 9.47 Å². The Morgan fingerprint density at radius 2 is 1.17 bits per heavy atom. The molecule has 0 aliphatic carbocycles. The third-order valence-electron chi connectivity index (χ3n) is 9.08. The van der Waals surface area contributed by atoms with Crippen molar-refractivity contribution in [1.82, 2.24) is 24.9 Å². The summed E-state index contributed by atoms with van der Waals surface area (Å²) in [6.45, 7) is 30.1. The molecule has 0 aromatic heterocycles. The molecule has 9 heteroatoms. The summed E-state index contributed by atoms with van der Waals surface area (Å²) in [6.07, 6.45) is 9.90. The number of hydrogen-bond donors (Lipinski definition) is 1. The number of amides is 2. The highest BCUT2D eigenvalue weighted by Gasteiger charge is 2.29. The molecule has 2 amide bonds. The molecule has 0 aromatic carbocycles. The van der Waals surface area contributed by atoms with Gasteiger partial charge < -0.3 is 34.4 Å². The lowest BCUT2D eigenvalue weighted by molar-refractivity contribution is 0.0237. The van der Waals surface area contributed by atoms with Gasteiger partial charge in [-0.1, -0.05) is 21.3 Å². The zero-order valence-electron chi connectivity index (χ0n) is 32.4. The van der Waals surface area contributed by atoms with Gasteiger partial charge in [0.2, 0.25) is 0 Å². The standard InChI is InChI=1S/2C10H19NO2.2C6H13N.C5H11N.CH4/c1-8-5-6-11(7-8)9(12)13-10(2,3)4;1-8-6-5-7-11(8)9(12)13-10(2,3)4;1-6-3-4-7(2)5-6;1-6-4-3-5-7(6)2;1-5-3-2-4-6-5;/h2*8H,5-7H2,1-4H3;2*6H,3-5H2,1-2H3;5-6H,2-4H2,1H3;1H4. The quantitative estimate of drug-likeness (QED) is 0.279. The monoisotopic (exact) mass is 670 g/mol. The molecule has 9 nitrogen and oxygen atoms in total. The van der Waals surface area contributed by atoms with E-state index in [-0.39, 0.29) is 30.8 Å². The van der Waals surface area contributed by atoms with E-state index >= 15 is 0 Å². The van der Waals surface area contributed by atoms with E-state index in [1.165, 1.54) is 58.3 Å². The van der Waals surface area contributed by atoms with Crippen LogP contribution in [0.1, 0.15) is 135 Å². The van der Waals surface area contributed by atoms with E-state index in [1.807, 2.05) is 46.4 Å². The van der Waals surface area contributed by atoms with Crippen LogP contribution in [0, 0.1) is 11.8 Å². The van der Waals surface area contributed by atoms with Crippen molar-refractivity contribution in [3.05, 3.63) is 0 Å². The molecule has 5 unspecified atom stereocenters.